The Labute approximate surface area is 80.1 Å². The molecule has 1 atom stereocenters. The fourth-order valence-electron chi connectivity index (χ4n) is 1.19. The Kier molecular flexibility index (Phi) is 5.66. The summed E-state index contributed by atoms with van der Waals surface area (Å²) in [5.74, 6) is -0.733. The first-order valence-electron chi connectivity index (χ1n) is 4.56. The Morgan fingerprint density at radius 3 is 2.15 bits per heavy atom. The normalized spacial score (nSPS) is 13.7. The maximum atomic E-state index is 10.8. The summed E-state index contributed by atoms with van der Waals surface area (Å²) in [5, 5.41) is 8.85. The number of hydrogen-bond acceptors (Lipinski definition) is 3. The van der Waals surface area contributed by atoms with Gasteiger partial charge in [-0.15, -0.1) is 0 Å². The molecule has 0 aromatic heterocycles. The van der Waals surface area contributed by atoms with Crippen molar-refractivity contribution < 1.29 is 9.90 Å². The lowest BCUT2D eigenvalue weighted by Crippen LogP contribution is -2.41. The Morgan fingerprint density at radius 1 is 1.31 bits per heavy atom. The van der Waals surface area contributed by atoms with E-state index < -0.39 is 5.97 Å². The minimum absolute atomic E-state index is 0.347. The van der Waals surface area contributed by atoms with Crippen molar-refractivity contribution in [1.82, 2.24) is 9.80 Å². The summed E-state index contributed by atoms with van der Waals surface area (Å²) in [5.41, 5.74) is 0. The van der Waals surface area contributed by atoms with Crippen LogP contribution in [-0.4, -0.2) is 61.2 Å². The second kappa shape index (κ2) is 5.94. The molecular weight excluding hydrogens is 168 g/mol. The van der Waals surface area contributed by atoms with Crippen molar-refractivity contribution in [3.63, 3.8) is 0 Å². The average Bonchev–Trinajstić information content (AvgIpc) is 2.01. The van der Waals surface area contributed by atoms with Crippen LogP contribution in [0, 0.1) is 0 Å². The number of carboxylic acids is 1. The molecule has 78 valence electrons. The van der Waals surface area contributed by atoms with E-state index in [1.165, 1.54) is 0 Å². The molecule has 0 aromatic carbocycles. The zero-order chi connectivity index (χ0) is 10.4. The SMILES string of the molecule is CCC(C(=O)O)N(C)CCN(C)C. The van der Waals surface area contributed by atoms with Gasteiger partial charge in [-0.25, -0.2) is 0 Å². The van der Waals surface area contributed by atoms with Crippen LogP contribution in [0.5, 0.6) is 0 Å². The van der Waals surface area contributed by atoms with Gasteiger partial charge in [0.2, 0.25) is 0 Å². The third-order valence-electron chi connectivity index (χ3n) is 2.10. The second-order valence-electron chi connectivity index (χ2n) is 3.55. The Bertz CT molecular complexity index is 160. The molecule has 0 amide bonds. The van der Waals surface area contributed by atoms with Gasteiger partial charge in [0.1, 0.15) is 6.04 Å². The van der Waals surface area contributed by atoms with E-state index in [0.29, 0.717) is 6.42 Å². The monoisotopic (exact) mass is 188 g/mol. The van der Waals surface area contributed by atoms with Crippen LogP contribution < -0.4 is 0 Å². The third kappa shape index (κ3) is 4.85. The van der Waals surface area contributed by atoms with Gasteiger partial charge in [0.25, 0.3) is 0 Å². The summed E-state index contributed by atoms with van der Waals surface area (Å²) in [6.45, 7) is 3.57. The highest BCUT2D eigenvalue weighted by molar-refractivity contribution is 5.73. The predicted molar refractivity (Wildman–Crippen MR) is 52.9 cm³/mol. The van der Waals surface area contributed by atoms with E-state index in [9.17, 15) is 4.79 Å². The number of aliphatic carboxylic acids is 1. The molecule has 13 heavy (non-hydrogen) atoms. The van der Waals surface area contributed by atoms with E-state index in [-0.39, 0.29) is 6.04 Å². The van der Waals surface area contributed by atoms with Crippen LogP contribution in [0.25, 0.3) is 0 Å². The maximum Gasteiger partial charge on any atom is 0.320 e. The van der Waals surface area contributed by atoms with Crippen LogP contribution in [0.1, 0.15) is 13.3 Å². The van der Waals surface area contributed by atoms with E-state index in [4.69, 9.17) is 5.11 Å². The molecule has 0 bridgehead atoms. The molecule has 0 saturated carbocycles. The molecule has 4 heteroatoms. The maximum absolute atomic E-state index is 10.8. The molecular formula is C9H20N2O2. The molecule has 0 saturated heterocycles. The highest BCUT2D eigenvalue weighted by Gasteiger charge is 2.19. The fraction of sp³-hybridized carbons (Fsp3) is 0.889. The molecule has 0 heterocycles. The van der Waals surface area contributed by atoms with Crippen molar-refractivity contribution in [2.75, 3.05) is 34.2 Å². The van der Waals surface area contributed by atoms with Gasteiger partial charge in [-0.2, -0.15) is 0 Å². The Hall–Kier alpha value is -0.610. The quantitative estimate of drug-likeness (QED) is 0.653. The third-order valence-corrected chi connectivity index (χ3v) is 2.10. The van der Waals surface area contributed by atoms with Crippen molar-refractivity contribution >= 4 is 5.97 Å². The number of rotatable bonds is 6. The van der Waals surface area contributed by atoms with Gasteiger partial charge in [-0.05, 0) is 27.6 Å². The molecule has 1 unspecified atom stereocenters. The lowest BCUT2D eigenvalue weighted by Gasteiger charge is -2.24. The average molecular weight is 188 g/mol. The first kappa shape index (κ1) is 12.4. The second-order valence-corrected chi connectivity index (χ2v) is 3.55. The largest absolute Gasteiger partial charge is 0.480 e. The molecule has 1 N–H and O–H groups in total. The zero-order valence-electron chi connectivity index (χ0n) is 8.95. The highest BCUT2D eigenvalue weighted by Crippen LogP contribution is 2.01. The topological polar surface area (TPSA) is 43.8 Å². The summed E-state index contributed by atoms with van der Waals surface area (Å²) in [6, 6.07) is -0.347. The summed E-state index contributed by atoms with van der Waals surface area (Å²) in [6.07, 6.45) is 0.652. The Balaban J connectivity index is 3.91. The lowest BCUT2D eigenvalue weighted by molar-refractivity contribution is -0.142. The predicted octanol–water partition coefficient (Wildman–Crippen LogP) is 0.343. The van der Waals surface area contributed by atoms with Crippen molar-refractivity contribution in [2.45, 2.75) is 19.4 Å². The van der Waals surface area contributed by atoms with Gasteiger partial charge in [-0.1, -0.05) is 6.92 Å². The van der Waals surface area contributed by atoms with Crippen LogP contribution in [0.2, 0.25) is 0 Å². The molecule has 0 spiro atoms. The van der Waals surface area contributed by atoms with Crippen molar-refractivity contribution in [2.24, 2.45) is 0 Å². The highest BCUT2D eigenvalue weighted by atomic mass is 16.4. The van der Waals surface area contributed by atoms with Crippen LogP contribution >= 0.6 is 0 Å². The standard InChI is InChI=1S/C9H20N2O2/c1-5-8(9(12)13)11(4)7-6-10(2)3/h8H,5-7H2,1-4H3,(H,12,13). The summed E-state index contributed by atoms with van der Waals surface area (Å²) < 4.78 is 0. The molecule has 0 aliphatic heterocycles. The first-order chi connectivity index (χ1) is 5.99. The molecule has 0 aliphatic rings. The minimum Gasteiger partial charge on any atom is -0.480 e. The van der Waals surface area contributed by atoms with Gasteiger partial charge >= 0.3 is 5.97 Å². The summed E-state index contributed by atoms with van der Waals surface area (Å²) in [7, 11) is 5.82. The summed E-state index contributed by atoms with van der Waals surface area (Å²) >= 11 is 0. The van der Waals surface area contributed by atoms with Crippen LogP contribution in [0.15, 0.2) is 0 Å². The fourth-order valence-corrected chi connectivity index (χ4v) is 1.19. The zero-order valence-corrected chi connectivity index (χ0v) is 8.95. The van der Waals surface area contributed by atoms with Gasteiger partial charge < -0.3 is 10.0 Å². The molecule has 0 aliphatic carbocycles. The number of likely N-dealkylation sites (N-methyl/N-ethyl adjacent to an activating group) is 2. The van der Waals surface area contributed by atoms with E-state index in [1.54, 1.807) is 0 Å². The minimum atomic E-state index is -0.733. The van der Waals surface area contributed by atoms with Crippen LogP contribution in [0.3, 0.4) is 0 Å². The molecule has 0 rings (SSSR count). The van der Waals surface area contributed by atoms with E-state index in [1.807, 2.05) is 37.9 Å². The molecule has 4 nitrogen and oxygen atoms in total. The van der Waals surface area contributed by atoms with Crippen molar-refractivity contribution in [3.05, 3.63) is 0 Å². The molecule has 0 radical (unpaired) electrons. The van der Waals surface area contributed by atoms with Gasteiger partial charge in [0.15, 0.2) is 0 Å². The number of carbonyl (C=O) groups is 1. The lowest BCUT2D eigenvalue weighted by atomic mass is 10.2. The van der Waals surface area contributed by atoms with Gasteiger partial charge in [-0.3, -0.25) is 9.69 Å². The van der Waals surface area contributed by atoms with Gasteiger partial charge in [0, 0.05) is 13.1 Å². The van der Waals surface area contributed by atoms with Gasteiger partial charge in [0.05, 0.1) is 0 Å². The van der Waals surface area contributed by atoms with E-state index >= 15 is 0 Å². The van der Waals surface area contributed by atoms with E-state index in [0.717, 1.165) is 13.1 Å². The number of nitrogens with zero attached hydrogens (tertiary/aromatic N) is 2. The molecule has 0 aromatic rings. The Morgan fingerprint density at radius 2 is 1.85 bits per heavy atom. The summed E-state index contributed by atoms with van der Waals surface area (Å²) in [4.78, 5) is 14.7. The van der Waals surface area contributed by atoms with Crippen LogP contribution in [0.4, 0.5) is 0 Å². The van der Waals surface area contributed by atoms with Crippen molar-refractivity contribution in [1.29, 1.82) is 0 Å². The first-order valence-corrected chi connectivity index (χ1v) is 4.56. The van der Waals surface area contributed by atoms with Crippen molar-refractivity contribution in [3.8, 4) is 0 Å². The number of carboxylic acid groups (broad SMARTS) is 1. The smallest absolute Gasteiger partial charge is 0.320 e. The number of hydrogen-bond donors (Lipinski definition) is 1. The molecule has 0 fully saturated rings. The van der Waals surface area contributed by atoms with E-state index in [2.05, 4.69) is 0 Å². The van der Waals surface area contributed by atoms with Crippen LogP contribution in [-0.2, 0) is 4.79 Å².